The van der Waals surface area contributed by atoms with Gasteiger partial charge in [0.1, 0.15) is 12.4 Å². The third-order valence-corrected chi connectivity index (χ3v) is 3.93. The molecule has 0 fully saturated rings. The molecule has 0 saturated heterocycles. The van der Waals surface area contributed by atoms with Gasteiger partial charge in [-0.3, -0.25) is 4.79 Å². The van der Waals surface area contributed by atoms with E-state index in [9.17, 15) is 4.79 Å². The molecule has 0 radical (unpaired) electrons. The second kappa shape index (κ2) is 11.8. The summed E-state index contributed by atoms with van der Waals surface area (Å²) >= 11 is 6.29. The number of halogens is 1. The van der Waals surface area contributed by atoms with E-state index >= 15 is 0 Å². The molecular formula is C22H25ClN2O4. The van der Waals surface area contributed by atoms with Gasteiger partial charge < -0.3 is 14.2 Å². The number of hydrogen-bond acceptors (Lipinski definition) is 5. The standard InChI is InChI=1S/C22H25ClN2O4/c1-4-11-28-18-9-7-17(8-10-18)22(26)25-24-15-16-13-19(23)21(29-12-5-2)20(14-16)27-6-3/h5,7-10,13-15H,2,4,6,11-12H2,1,3H3,(H,25,26)/b24-15+. The molecule has 0 bridgehead atoms. The fraction of sp³-hybridized carbons (Fsp3) is 0.273. The van der Waals surface area contributed by atoms with E-state index in [4.69, 9.17) is 25.8 Å². The minimum absolute atomic E-state index is 0.311. The molecule has 2 aromatic carbocycles. The van der Waals surface area contributed by atoms with Crippen LogP contribution in [0.15, 0.2) is 54.2 Å². The summed E-state index contributed by atoms with van der Waals surface area (Å²) in [6, 6.07) is 10.3. The molecular weight excluding hydrogens is 392 g/mol. The maximum atomic E-state index is 12.2. The van der Waals surface area contributed by atoms with Crippen LogP contribution in [-0.4, -0.2) is 31.9 Å². The van der Waals surface area contributed by atoms with Crippen molar-refractivity contribution in [3.05, 3.63) is 65.2 Å². The van der Waals surface area contributed by atoms with Crippen LogP contribution in [0, 0.1) is 0 Å². The van der Waals surface area contributed by atoms with Gasteiger partial charge in [0.2, 0.25) is 0 Å². The molecule has 1 N–H and O–H groups in total. The first kappa shape index (κ1) is 22.3. The third-order valence-electron chi connectivity index (χ3n) is 3.65. The molecule has 154 valence electrons. The van der Waals surface area contributed by atoms with Crippen LogP contribution in [0.2, 0.25) is 5.02 Å². The molecule has 6 nitrogen and oxygen atoms in total. The van der Waals surface area contributed by atoms with Gasteiger partial charge in [-0.1, -0.05) is 31.2 Å². The van der Waals surface area contributed by atoms with Gasteiger partial charge in [-0.05, 0) is 55.3 Å². The van der Waals surface area contributed by atoms with Gasteiger partial charge in [0.15, 0.2) is 11.5 Å². The van der Waals surface area contributed by atoms with Gasteiger partial charge in [0.05, 0.1) is 24.5 Å². The summed E-state index contributed by atoms with van der Waals surface area (Å²) in [4.78, 5) is 12.2. The van der Waals surface area contributed by atoms with Crippen LogP contribution in [0.3, 0.4) is 0 Å². The van der Waals surface area contributed by atoms with Crippen molar-refractivity contribution in [1.82, 2.24) is 5.43 Å². The average molecular weight is 417 g/mol. The van der Waals surface area contributed by atoms with Crippen molar-refractivity contribution in [2.24, 2.45) is 5.10 Å². The van der Waals surface area contributed by atoms with E-state index in [1.54, 1.807) is 42.5 Å². The minimum atomic E-state index is -0.328. The maximum Gasteiger partial charge on any atom is 0.271 e. The number of hydrazone groups is 1. The summed E-state index contributed by atoms with van der Waals surface area (Å²) in [7, 11) is 0. The summed E-state index contributed by atoms with van der Waals surface area (Å²) in [5.41, 5.74) is 3.63. The minimum Gasteiger partial charge on any atom is -0.494 e. The summed E-state index contributed by atoms with van der Waals surface area (Å²) in [5, 5.41) is 4.38. The fourth-order valence-electron chi connectivity index (χ4n) is 2.36. The normalized spacial score (nSPS) is 10.6. The predicted octanol–water partition coefficient (Wildman–Crippen LogP) is 4.86. The largest absolute Gasteiger partial charge is 0.494 e. The van der Waals surface area contributed by atoms with Crippen molar-refractivity contribution < 1.29 is 19.0 Å². The smallest absolute Gasteiger partial charge is 0.271 e. The van der Waals surface area contributed by atoms with E-state index in [1.165, 1.54) is 6.21 Å². The number of benzene rings is 2. The predicted molar refractivity (Wildman–Crippen MR) is 116 cm³/mol. The Labute approximate surface area is 176 Å². The van der Waals surface area contributed by atoms with Crippen LogP contribution < -0.4 is 19.6 Å². The summed E-state index contributed by atoms with van der Waals surface area (Å²) in [6.07, 6.45) is 4.04. The highest BCUT2D eigenvalue weighted by atomic mass is 35.5. The lowest BCUT2D eigenvalue weighted by atomic mass is 10.2. The van der Waals surface area contributed by atoms with Gasteiger partial charge in [0.25, 0.3) is 5.91 Å². The zero-order valence-electron chi connectivity index (χ0n) is 16.6. The van der Waals surface area contributed by atoms with E-state index in [0.29, 0.717) is 47.5 Å². The number of nitrogens with one attached hydrogen (secondary N) is 1. The lowest BCUT2D eigenvalue weighted by molar-refractivity contribution is 0.0955. The Balaban J connectivity index is 2.05. The quantitative estimate of drug-likeness (QED) is 0.323. The Bertz CT molecular complexity index is 851. The number of carbonyl (C=O) groups is 1. The molecule has 29 heavy (non-hydrogen) atoms. The molecule has 0 atom stereocenters. The Kier molecular flexibility index (Phi) is 9.05. The third kappa shape index (κ3) is 6.84. The summed E-state index contributed by atoms with van der Waals surface area (Å²) < 4.78 is 16.7. The molecule has 0 aliphatic carbocycles. The van der Waals surface area contributed by atoms with Crippen LogP contribution in [0.25, 0.3) is 0 Å². The van der Waals surface area contributed by atoms with E-state index < -0.39 is 0 Å². The number of nitrogens with zero attached hydrogens (tertiary/aromatic N) is 1. The summed E-state index contributed by atoms with van der Waals surface area (Å²) in [5.74, 6) is 1.34. The fourth-order valence-corrected chi connectivity index (χ4v) is 2.63. The van der Waals surface area contributed by atoms with Crippen molar-refractivity contribution in [1.29, 1.82) is 0 Å². The Hall–Kier alpha value is -2.99. The maximum absolute atomic E-state index is 12.2. The molecule has 1 amide bonds. The Morgan fingerprint density at radius 2 is 1.93 bits per heavy atom. The van der Waals surface area contributed by atoms with Gasteiger partial charge in [-0.2, -0.15) is 5.10 Å². The van der Waals surface area contributed by atoms with Gasteiger partial charge in [-0.15, -0.1) is 0 Å². The van der Waals surface area contributed by atoms with Gasteiger partial charge >= 0.3 is 0 Å². The van der Waals surface area contributed by atoms with E-state index in [-0.39, 0.29) is 5.91 Å². The van der Waals surface area contributed by atoms with Crippen LogP contribution in [0.5, 0.6) is 17.2 Å². The zero-order chi connectivity index (χ0) is 21.1. The molecule has 0 aromatic heterocycles. The SMILES string of the molecule is C=CCOc1c(Cl)cc(/C=N/NC(=O)c2ccc(OCCC)cc2)cc1OCC. The highest BCUT2D eigenvalue weighted by molar-refractivity contribution is 6.32. The first-order valence-electron chi connectivity index (χ1n) is 9.35. The average Bonchev–Trinajstić information content (AvgIpc) is 2.72. The van der Waals surface area contributed by atoms with Gasteiger partial charge in [-0.25, -0.2) is 5.43 Å². The Morgan fingerprint density at radius 1 is 1.17 bits per heavy atom. The zero-order valence-corrected chi connectivity index (χ0v) is 17.4. The Morgan fingerprint density at radius 3 is 2.59 bits per heavy atom. The molecule has 2 aromatic rings. The molecule has 7 heteroatoms. The van der Waals surface area contributed by atoms with Crippen LogP contribution >= 0.6 is 11.6 Å². The monoisotopic (exact) mass is 416 g/mol. The first-order valence-corrected chi connectivity index (χ1v) is 9.73. The van der Waals surface area contributed by atoms with E-state index in [0.717, 1.165) is 12.2 Å². The first-order chi connectivity index (χ1) is 14.1. The molecule has 0 aliphatic rings. The lowest BCUT2D eigenvalue weighted by Crippen LogP contribution is -2.17. The second-order valence-corrected chi connectivity index (χ2v) is 6.34. The number of hydrogen-bond donors (Lipinski definition) is 1. The van der Waals surface area contributed by atoms with Crippen LogP contribution in [-0.2, 0) is 0 Å². The number of rotatable bonds is 11. The molecule has 0 spiro atoms. The molecule has 2 rings (SSSR count). The number of amides is 1. The second-order valence-electron chi connectivity index (χ2n) is 5.93. The number of ether oxygens (including phenoxy) is 3. The highest BCUT2D eigenvalue weighted by Gasteiger charge is 2.12. The molecule has 0 heterocycles. The topological polar surface area (TPSA) is 69.2 Å². The molecule has 0 unspecified atom stereocenters. The van der Waals surface area contributed by atoms with Crippen LogP contribution in [0.1, 0.15) is 36.2 Å². The van der Waals surface area contributed by atoms with Crippen molar-refractivity contribution in [3.63, 3.8) is 0 Å². The van der Waals surface area contributed by atoms with Crippen molar-refractivity contribution in [2.45, 2.75) is 20.3 Å². The number of carbonyl (C=O) groups excluding carboxylic acids is 1. The summed E-state index contributed by atoms with van der Waals surface area (Å²) in [6.45, 7) is 8.92. The van der Waals surface area contributed by atoms with Crippen molar-refractivity contribution >= 4 is 23.7 Å². The van der Waals surface area contributed by atoms with E-state index in [2.05, 4.69) is 17.1 Å². The molecule has 0 saturated carbocycles. The van der Waals surface area contributed by atoms with Crippen LogP contribution in [0.4, 0.5) is 0 Å². The van der Waals surface area contributed by atoms with Crippen molar-refractivity contribution in [3.8, 4) is 17.2 Å². The lowest BCUT2D eigenvalue weighted by Gasteiger charge is -2.13. The van der Waals surface area contributed by atoms with E-state index in [1.807, 2.05) is 13.8 Å². The highest BCUT2D eigenvalue weighted by Crippen LogP contribution is 2.36. The molecule has 0 aliphatic heterocycles. The van der Waals surface area contributed by atoms with Crippen molar-refractivity contribution in [2.75, 3.05) is 19.8 Å². The van der Waals surface area contributed by atoms with Gasteiger partial charge in [0, 0.05) is 5.56 Å².